The van der Waals surface area contributed by atoms with E-state index < -0.39 is 0 Å². The third-order valence-corrected chi connectivity index (χ3v) is 1.76. The van der Waals surface area contributed by atoms with E-state index in [-0.39, 0.29) is 0 Å². The van der Waals surface area contributed by atoms with Gasteiger partial charge in [0.05, 0.1) is 11.6 Å². The lowest BCUT2D eigenvalue weighted by atomic mass is 10.1. The second-order valence-corrected chi connectivity index (χ2v) is 3.05. The summed E-state index contributed by atoms with van der Waals surface area (Å²) in [5.41, 5.74) is 1.60. The minimum absolute atomic E-state index is 0.656. The van der Waals surface area contributed by atoms with Crippen LogP contribution in [0.25, 0.3) is 4.48 Å². The van der Waals surface area contributed by atoms with Crippen LogP contribution >= 0.6 is 15.9 Å². The van der Waals surface area contributed by atoms with Crippen molar-refractivity contribution in [3.8, 4) is 6.07 Å². The molecule has 1 aromatic rings. The average Bonchev–Trinajstić information content (AvgIpc) is 2.05. The van der Waals surface area contributed by atoms with Gasteiger partial charge in [-0.2, -0.15) is 5.26 Å². The van der Waals surface area contributed by atoms with E-state index in [0.29, 0.717) is 5.56 Å². The Kier molecular flexibility index (Phi) is 2.45. The lowest BCUT2D eigenvalue weighted by molar-refractivity contribution is 1.48. The minimum Gasteiger partial charge on any atom is -0.192 e. The van der Waals surface area contributed by atoms with Gasteiger partial charge in [-0.05, 0) is 17.7 Å². The molecule has 0 spiro atoms. The van der Waals surface area contributed by atoms with Gasteiger partial charge in [0.1, 0.15) is 0 Å². The summed E-state index contributed by atoms with van der Waals surface area (Å²) in [6.07, 6.45) is 0. The van der Waals surface area contributed by atoms with E-state index in [1.54, 1.807) is 12.1 Å². The molecule has 0 fully saturated rings. The Labute approximate surface area is 74.1 Å². The molecule has 0 aromatic heterocycles. The fourth-order valence-electron chi connectivity index (χ4n) is 0.757. The summed E-state index contributed by atoms with van der Waals surface area (Å²) in [4.78, 5) is 0. The number of nitrogens with zero attached hydrogens (tertiary/aromatic N) is 1. The largest absolute Gasteiger partial charge is 0.192 e. The van der Waals surface area contributed by atoms with E-state index in [1.807, 2.05) is 12.1 Å². The Morgan fingerprint density at radius 1 is 1.55 bits per heavy atom. The Balaban J connectivity index is 3.13. The van der Waals surface area contributed by atoms with E-state index in [4.69, 9.17) is 5.26 Å². The van der Waals surface area contributed by atoms with Crippen molar-refractivity contribution in [1.29, 1.82) is 5.26 Å². The Morgan fingerprint density at radius 2 is 2.27 bits per heavy atom. The van der Waals surface area contributed by atoms with Crippen LogP contribution in [0.1, 0.15) is 11.1 Å². The topological polar surface area (TPSA) is 23.8 Å². The molecule has 0 aliphatic carbocycles. The molecule has 1 nitrogen and oxygen atoms in total. The third-order valence-electron chi connectivity index (χ3n) is 1.30. The van der Waals surface area contributed by atoms with Gasteiger partial charge in [-0.3, -0.25) is 0 Å². The molecule has 0 saturated heterocycles. The van der Waals surface area contributed by atoms with Crippen molar-refractivity contribution in [3.05, 3.63) is 42.0 Å². The molecule has 0 aliphatic rings. The standard InChI is InChI=1S/C9H6BrN/c1-7(10)9-4-2-3-8(5-9)6-11/h2-5H,1H2. The van der Waals surface area contributed by atoms with Gasteiger partial charge in [0.15, 0.2) is 0 Å². The van der Waals surface area contributed by atoms with Gasteiger partial charge in [-0.25, -0.2) is 0 Å². The van der Waals surface area contributed by atoms with E-state index in [2.05, 4.69) is 28.6 Å². The second kappa shape index (κ2) is 3.36. The van der Waals surface area contributed by atoms with Crippen LogP contribution in [0, 0.1) is 11.3 Å². The molecule has 0 bridgehead atoms. The van der Waals surface area contributed by atoms with Crippen molar-refractivity contribution >= 4 is 20.4 Å². The Bertz CT molecular complexity index is 323. The van der Waals surface area contributed by atoms with Gasteiger partial charge in [0, 0.05) is 4.48 Å². The van der Waals surface area contributed by atoms with Crippen LogP contribution in [0.15, 0.2) is 30.8 Å². The van der Waals surface area contributed by atoms with Crippen LogP contribution in [-0.2, 0) is 0 Å². The molecule has 0 unspecified atom stereocenters. The molecule has 11 heavy (non-hydrogen) atoms. The smallest absolute Gasteiger partial charge is 0.0991 e. The van der Waals surface area contributed by atoms with Crippen LogP contribution in [0.2, 0.25) is 0 Å². The monoisotopic (exact) mass is 207 g/mol. The molecule has 0 heterocycles. The van der Waals surface area contributed by atoms with Gasteiger partial charge in [0.2, 0.25) is 0 Å². The first kappa shape index (κ1) is 8.03. The summed E-state index contributed by atoms with van der Waals surface area (Å²) in [7, 11) is 0. The highest BCUT2D eigenvalue weighted by Gasteiger charge is 1.94. The predicted molar refractivity (Wildman–Crippen MR) is 49.1 cm³/mol. The van der Waals surface area contributed by atoms with Crippen molar-refractivity contribution in [1.82, 2.24) is 0 Å². The molecular weight excluding hydrogens is 202 g/mol. The average molecular weight is 208 g/mol. The number of halogens is 1. The van der Waals surface area contributed by atoms with Gasteiger partial charge >= 0.3 is 0 Å². The minimum atomic E-state index is 0.656. The van der Waals surface area contributed by atoms with E-state index >= 15 is 0 Å². The van der Waals surface area contributed by atoms with Crippen molar-refractivity contribution < 1.29 is 0 Å². The first-order chi connectivity index (χ1) is 5.24. The van der Waals surface area contributed by atoms with E-state index in [1.165, 1.54) is 0 Å². The Hall–Kier alpha value is -1.07. The van der Waals surface area contributed by atoms with E-state index in [0.717, 1.165) is 10.0 Å². The normalized spacial score (nSPS) is 8.73. The maximum absolute atomic E-state index is 8.55. The number of hydrogen-bond donors (Lipinski definition) is 0. The number of nitriles is 1. The first-order valence-corrected chi connectivity index (χ1v) is 3.88. The highest BCUT2D eigenvalue weighted by molar-refractivity contribution is 9.15. The zero-order chi connectivity index (χ0) is 8.27. The molecule has 1 aromatic carbocycles. The lowest BCUT2D eigenvalue weighted by Gasteiger charge is -1.95. The van der Waals surface area contributed by atoms with Gasteiger partial charge < -0.3 is 0 Å². The van der Waals surface area contributed by atoms with Crippen molar-refractivity contribution in [3.63, 3.8) is 0 Å². The summed E-state index contributed by atoms with van der Waals surface area (Å²) in [6.45, 7) is 3.71. The number of benzene rings is 1. The van der Waals surface area contributed by atoms with Crippen molar-refractivity contribution in [2.75, 3.05) is 0 Å². The van der Waals surface area contributed by atoms with Crippen LogP contribution in [0.4, 0.5) is 0 Å². The summed E-state index contributed by atoms with van der Waals surface area (Å²) in [6, 6.07) is 9.35. The van der Waals surface area contributed by atoms with Crippen molar-refractivity contribution in [2.45, 2.75) is 0 Å². The zero-order valence-electron chi connectivity index (χ0n) is 5.84. The van der Waals surface area contributed by atoms with Crippen LogP contribution in [-0.4, -0.2) is 0 Å². The summed E-state index contributed by atoms with van der Waals surface area (Å²) >= 11 is 3.24. The Morgan fingerprint density at radius 3 is 2.82 bits per heavy atom. The molecule has 2 heteroatoms. The molecule has 0 radical (unpaired) electrons. The fraction of sp³-hybridized carbons (Fsp3) is 0. The number of rotatable bonds is 1. The maximum atomic E-state index is 8.55. The molecule has 0 amide bonds. The van der Waals surface area contributed by atoms with Gasteiger partial charge in [-0.15, -0.1) is 0 Å². The molecular formula is C9H6BrN. The van der Waals surface area contributed by atoms with Gasteiger partial charge in [0.25, 0.3) is 0 Å². The lowest BCUT2D eigenvalue weighted by Crippen LogP contribution is -1.77. The molecule has 0 aliphatic heterocycles. The molecule has 0 N–H and O–H groups in total. The van der Waals surface area contributed by atoms with Crippen LogP contribution in [0.5, 0.6) is 0 Å². The second-order valence-electron chi connectivity index (χ2n) is 2.10. The fourth-order valence-corrected chi connectivity index (χ4v) is 1.00. The molecule has 54 valence electrons. The summed E-state index contributed by atoms with van der Waals surface area (Å²) in [5, 5.41) is 8.55. The maximum Gasteiger partial charge on any atom is 0.0991 e. The molecule has 0 atom stereocenters. The van der Waals surface area contributed by atoms with Crippen LogP contribution in [0.3, 0.4) is 0 Å². The predicted octanol–water partition coefficient (Wildman–Crippen LogP) is 2.92. The van der Waals surface area contributed by atoms with Gasteiger partial charge in [-0.1, -0.05) is 34.6 Å². The third kappa shape index (κ3) is 1.92. The molecule has 1 rings (SSSR count). The van der Waals surface area contributed by atoms with E-state index in [9.17, 15) is 0 Å². The van der Waals surface area contributed by atoms with Crippen LogP contribution < -0.4 is 0 Å². The SMILES string of the molecule is C=C(Br)c1cccc(C#N)c1. The summed E-state index contributed by atoms with van der Waals surface area (Å²) in [5.74, 6) is 0. The zero-order valence-corrected chi connectivity index (χ0v) is 7.43. The summed E-state index contributed by atoms with van der Waals surface area (Å²) < 4.78 is 0.801. The quantitative estimate of drug-likeness (QED) is 0.695. The number of hydrogen-bond acceptors (Lipinski definition) is 1. The first-order valence-electron chi connectivity index (χ1n) is 3.09. The van der Waals surface area contributed by atoms with Crippen molar-refractivity contribution in [2.24, 2.45) is 0 Å². The molecule has 0 saturated carbocycles. The highest BCUT2D eigenvalue weighted by Crippen LogP contribution is 2.18. The highest BCUT2D eigenvalue weighted by atomic mass is 79.9.